The first-order valence-electron chi connectivity index (χ1n) is 19.8. The monoisotopic (exact) mass is 739 g/mol. The molecule has 0 saturated heterocycles. The standard InChI is InChI=1S/C56H37NO/c1-3-15-40(16-4-1)48-27-13-29-52-53-30-14-28-49(56(53)58-55(48)52)43-20-11-18-41(35-43)38-31-33-39(34-32-38)42-19-12-23-46(36-42)57(45-21-5-2-6-22-45)54-37-44-17-7-8-24-47(44)50-25-9-10-26-51(50)54/h1-37H. The molecule has 11 rings (SSSR count). The number of rotatable bonds is 7. The molecular weight excluding hydrogens is 703 g/mol. The van der Waals surface area contributed by atoms with Gasteiger partial charge in [-0.3, -0.25) is 0 Å². The molecule has 0 unspecified atom stereocenters. The van der Waals surface area contributed by atoms with Crippen molar-refractivity contribution in [3.05, 3.63) is 224 Å². The summed E-state index contributed by atoms with van der Waals surface area (Å²) in [4.78, 5) is 2.39. The maximum atomic E-state index is 6.75. The lowest BCUT2D eigenvalue weighted by Crippen LogP contribution is -2.10. The Bertz CT molecular complexity index is 3270. The smallest absolute Gasteiger partial charge is 0.143 e. The minimum atomic E-state index is 0.912. The van der Waals surface area contributed by atoms with Crippen LogP contribution in [0, 0.1) is 0 Å². The zero-order valence-corrected chi connectivity index (χ0v) is 31.7. The third-order valence-corrected chi connectivity index (χ3v) is 11.4. The van der Waals surface area contributed by atoms with Gasteiger partial charge in [0, 0.05) is 38.7 Å². The SMILES string of the molecule is c1ccc(-c2cccc3c2oc2c(-c4cccc(-c5ccc(-c6cccc(N(c7ccccc7)c7cc8ccccc8c8ccccc78)c6)cc5)c4)cccc23)cc1. The summed E-state index contributed by atoms with van der Waals surface area (Å²) in [5, 5.41) is 7.21. The summed E-state index contributed by atoms with van der Waals surface area (Å²) < 4.78 is 6.75. The van der Waals surface area contributed by atoms with Crippen LogP contribution < -0.4 is 4.90 Å². The first kappa shape index (κ1) is 33.6. The van der Waals surface area contributed by atoms with Gasteiger partial charge in [-0.1, -0.05) is 188 Å². The van der Waals surface area contributed by atoms with Gasteiger partial charge in [-0.15, -0.1) is 0 Å². The highest BCUT2D eigenvalue weighted by molar-refractivity contribution is 6.15. The third-order valence-electron chi connectivity index (χ3n) is 11.4. The van der Waals surface area contributed by atoms with Crippen LogP contribution in [0.3, 0.4) is 0 Å². The molecule has 0 aliphatic heterocycles. The second-order valence-electron chi connectivity index (χ2n) is 14.9. The number of nitrogens with zero attached hydrogens (tertiary/aromatic N) is 1. The van der Waals surface area contributed by atoms with Crippen molar-refractivity contribution >= 4 is 60.5 Å². The van der Waals surface area contributed by atoms with Gasteiger partial charge in [-0.2, -0.15) is 0 Å². The van der Waals surface area contributed by atoms with Crippen LogP contribution in [0.5, 0.6) is 0 Å². The molecule has 1 heterocycles. The van der Waals surface area contributed by atoms with E-state index >= 15 is 0 Å². The van der Waals surface area contributed by atoms with Gasteiger partial charge in [0.2, 0.25) is 0 Å². The fraction of sp³-hybridized carbons (Fsp3) is 0. The molecule has 0 aliphatic rings. The summed E-state index contributed by atoms with van der Waals surface area (Å²) in [6, 6.07) is 80.5. The van der Waals surface area contributed by atoms with Gasteiger partial charge in [0.25, 0.3) is 0 Å². The topological polar surface area (TPSA) is 16.4 Å². The van der Waals surface area contributed by atoms with E-state index in [0.717, 1.165) is 72.4 Å². The first-order chi connectivity index (χ1) is 28.8. The quantitative estimate of drug-likeness (QED) is 0.151. The summed E-state index contributed by atoms with van der Waals surface area (Å²) >= 11 is 0. The van der Waals surface area contributed by atoms with Crippen LogP contribution in [0.1, 0.15) is 0 Å². The largest absolute Gasteiger partial charge is 0.455 e. The average Bonchev–Trinajstić information content (AvgIpc) is 3.69. The number of furan rings is 1. The lowest BCUT2D eigenvalue weighted by molar-refractivity contribution is 0.671. The summed E-state index contributed by atoms with van der Waals surface area (Å²) in [6.45, 7) is 0. The van der Waals surface area contributed by atoms with E-state index in [1.54, 1.807) is 0 Å². The van der Waals surface area contributed by atoms with Gasteiger partial charge in [0.05, 0.1) is 5.69 Å². The molecule has 0 bridgehead atoms. The number of hydrogen-bond donors (Lipinski definition) is 0. The average molecular weight is 740 g/mol. The van der Waals surface area contributed by atoms with E-state index in [9.17, 15) is 0 Å². The summed E-state index contributed by atoms with van der Waals surface area (Å²) in [5.74, 6) is 0. The molecule has 0 radical (unpaired) electrons. The van der Waals surface area contributed by atoms with E-state index in [1.165, 1.54) is 32.7 Å². The first-order valence-corrected chi connectivity index (χ1v) is 19.8. The van der Waals surface area contributed by atoms with Gasteiger partial charge in [-0.25, -0.2) is 0 Å². The van der Waals surface area contributed by atoms with E-state index in [1.807, 2.05) is 6.07 Å². The van der Waals surface area contributed by atoms with Gasteiger partial charge in [-0.05, 0) is 85.9 Å². The molecular formula is C56H37NO. The number of anilines is 3. The summed E-state index contributed by atoms with van der Waals surface area (Å²) in [6.07, 6.45) is 0. The highest BCUT2D eigenvalue weighted by Crippen LogP contribution is 2.44. The Labute approximate surface area is 337 Å². The van der Waals surface area contributed by atoms with Crippen molar-refractivity contribution in [3.8, 4) is 44.5 Å². The van der Waals surface area contributed by atoms with Crippen LogP contribution >= 0.6 is 0 Å². The Hall–Kier alpha value is -7.68. The van der Waals surface area contributed by atoms with Crippen molar-refractivity contribution < 1.29 is 4.42 Å². The molecule has 1 aromatic heterocycles. The van der Waals surface area contributed by atoms with Crippen LogP contribution in [0.2, 0.25) is 0 Å². The lowest BCUT2D eigenvalue weighted by Gasteiger charge is -2.28. The van der Waals surface area contributed by atoms with Gasteiger partial charge < -0.3 is 9.32 Å². The van der Waals surface area contributed by atoms with Crippen molar-refractivity contribution in [3.63, 3.8) is 0 Å². The predicted molar refractivity (Wildman–Crippen MR) is 245 cm³/mol. The Kier molecular flexibility index (Phi) is 8.19. The summed E-state index contributed by atoms with van der Waals surface area (Å²) in [5.41, 5.74) is 14.3. The maximum Gasteiger partial charge on any atom is 0.143 e. The number of benzene rings is 10. The molecule has 0 saturated carbocycles. The molecule has 0 N–H and O–H groups in total. The van der Waals surface area contributed by atoms with Crippen LogP contribution in [-0.4, -0.2) is 0 Å². The van der Waals surface area contributed by atoms with Gasteiger partial charge >= 0.3 is 0 Å². The number of hydrogen-bond acceptors (Lipinski definition) is 2. The molecule has 10 aromatic carbocycles. The Balaban J connectivity index is 0.953. The third kappa shape index (κ3) is 5.82. The van der Waals surface area contributed by atoms with Crippen molar-refractivity contribution in [2.24, 2.45) is 0 Å². The zero-order chi connectivity index (χ0) is 38.4. The Morgan fingerprint density at radius 2 is 0.759 bits per heavy atom. The van der Waals surface area contributed by atoms with E-state index in [2.05, 4.69) is 223 Å². The van der Waals surface area contributed by atoms with Crippen LogP contribution in [-0.2, 0) is 0 Å². The number of para-hydroxylation sites is 3. The van der Waals surface area contributed by atoms with Crippen LogP contribution in [0.25, 0.3) is 88.0 Å². The highest BCUT2D eigenvalue weighted by Gasteiger charge is 2.19. The van der Waals surface area contributed by atoms with E-state index in [-0.39, 0.29) is 0 Å². The molecule has 0 spiro atoms. The van der Waals surface area contributed by atoms with E-state index < -0.39 is 0 Å². The molecule has 11 aromatic rings. The lowest BCUT2D eigenvalue weighted by atomic mass is 9.96. The van der Waals surface area contributed by atoms with Crippen LogP contribution in [0.15, 0.2) is 229 Å². The number of fused-ring (bicyclic) bond motifs is 6. The molecule has 0 amide bonds. The van der Waals surface area contributed by atoms with Gasteiger partial charge in [0.15, 0.2) is 0 Å². The minimum Gasteiger partial charge on any atom is -0.455 e. The normalized spacial score (nSPS) is 11.4. The minimum absolute atomic E-state index is 0.912. The fourth-order valence-electron chi connectivity index (χ4n) is 8.66. The Morgan fingerprint density at radius 1 is 0.276 bits per heavy atom. The molecule has 2 nitrogen and oxygen atoms in total. The second-order valence-corrected chi connectivity index (χ2v) is 14.9. The molecule has 272 valence electrons. The van der Waals surface area contributed by atoms with Crippen LogP contribution in [0.4, 0.5) is 17.1 Å². The highest BCUT2D eigenvalue weighted by atomic mass is 16.3. The van der Waals surface area contributed by atoms with Crippen molar-refractivity contribution in [1.82, 2.24) is 0 Å². The van der Waals surface area contributed by atoms with E-state index in [0.29, 0.717) is 0 Å². The molecule has 2 heteroatoms. The van der Waals surface area contributed by atoms with Crippen molar-refractivity contribution in [1.29, 1.82) is 0 Å². The van der Waals surface area contributed by atoms with E-state index in [4.69, 9.17) is 4.42 Å². The molecule has 0 atom stereocenters. The molecule has 0 fully saturated rings. The summed E-state index contributed by atoms with van der Waals surface area (Å²) in [7, 11) is 0. The van der Waals surface area contributed by atoms with Crippen molar-refractivity contribution in [2.75, 3.05) is 4.90 Å². The zero-order valence-electron chi connectivity index (χ0n) is 31.7. The maximum absolute atomic E-state index is 6.75. The molecule has 0 aliphatic carbocycles. The Morgan fingerprint density at radius 3 is 1.47 bits per heavy atom. The fourth-order valence-corrected chi connectivity index (χ4v) is 8.66. The second kappa shape index (κ2) is 14.1. The predicted octanol–water partition coefficient (Wildman–Crippen LogP) is 16.0. The van der Waals surface area contributed by atoms with Crippen molar-refractivity contribution in [2.45, 2.75) is 0 Å². The van der Waals surface area contributed by atoms with Gasteiger partial charge in [0.1, 0.15) is 11.2 Å². The molecule has 58 heavy (non-hydrogen) atoms.